The molecule has 1 amide bonds. The number of anilines is 1. The molecule has 0 bridgehead atoms. The van der Waals surface area contributed by atoms with Gasteiger partial charge in [-0.25, -0.2) is 4.98 Å². The van der Waals surface area contributed by atoms with E-state index < -0.39 is 0 Å². The average molecular weight is 428 g/mol. The summed E-state index contributed by atoms with van der Waals surface area (Å²) in [5.74, 6) is 2.56. The van der Waals surface area contributed by atoms with Crippen LogP contribution in [0.25, 0.3) is 11.0 Å². The van der Waals surface area contributed by atoms with Gasteiger partial charge < -0.3 is 18.9 Å². The maximum atomic E-state index is 13.0. The van der Waals surface area contributed by atoms with E-state index in [1.54, 1.807) is 14.2 Å². The van der Waals surface area contributed by atoms with Crippen LogP contribution in [0.3, 0.4) is 0 Å². The quantitative estimate of drug-likeness (QED) is 0.451. The highest BCUT2D eigenvalue weighted by atomic mass is 16.5. The van der Waals surface area contributed by atoms with E-state index in [-0.39, 0.29) is 11.8 Å². The Kier molecular flexibility index (Phi) is 5.27. The van der Waals surface area contributed by atoms with Crippen molar-refractivity contribution in [2.75, 3.05) is 25.7 Å². The highest BCUT2D eigenvalue weighted by Gasteiger charge is 2.35. The number of hydrogen-bond donors (Lipinski definition) is 0. The molecular formula is C26H25N3O3. The largest absolute Gasteiger partial charge is 0.497 e. The predicted molar refractivity (Wildman–Crippen MR) is 125 cm³/mol. The second kappa shape index (κ2) is 8.38. The van der Waals surface area contributed by atoms with Gasteiger partial charge in [0, 0.05) is 25.4 Å². The summed E-state index contributed by atoms with van der Waals surface area (Å²) in [6.45, 7) is 1.25. The summed E-state index contributed by atoms with van der Waals surface area (Å²) in [4.78, 5) is 19.8. The molecule has 0 spiro atoms. The highest BCUT2D eigenvalue weighted by Crippen LogP contribution is 2.37. The Morgan fingerprint density at radius 2 is 1.69 bits per heavy atom. The molecule has 2 heterocycles. The smallest absolute Gasteiger partial charge is 0.227 e. The van der Waals surface area contributed by atoms with Gasteiger partial charge in [0.1, 0.15) is 17.3 Å². The van der Waals surface area contributed by atoms with Gasteiger partial charge in [-0.1, -0.05) is 36.4 Å². The minimum Gasteiger partial charge on any atom is -0.497 e. The van der Waals surface area contributed by atoms with Gasteiger partial charge in [-0.3, -0.25) is 4.79 Å². The van der Waals surface area contributed by atoms with E-state index in [0.29, 0.717) is 25.3 Å². The van der Waals surface area contributed by atoms with Gasteiger partial charge in [0.25, 0.3) is 0 Å². The Morgan fingerprint density at radius 3 is 2.47 bits per heavy atom. The molecule has 0 N–H and O–H groups in total. The number of benzene rings is 3. The number of aromatic nitrogens is 2. The lowest BCUT2D eigenvalue weighted by molar-refractivity contribution is -0.117. The number of rotatable bonds is 6. The molecule has 0 radical (unpaired) electrons. The van der Waals surface area contributed by atoms with Gasteiger partial charge in [-0.2, -0.15) is 0 Å². The van der Waals surface area contributed by atoms with Crippen LogP contribution in [0, 0.1) is 0 Å². The Morgan fingerprint density at radius 1 is 0.938 bits per heavy atom. The molecule has 0 aliphatic carbocycles. The lowest BCUT2D eigenvalue weighted by Gasteiger charge is -2.20. The number of fused-ring (bicyclic) bond motifs is 1. The molecule has 0 saturated carbocycles. The number of imidazole rings is 1. The molecule has 1 saturated heterocycles. The number of nitrogens with zero attached hydrogens (tertiary/aromatic N) is 3. The van der Waals surface area contributed by atoms with Crippen molar-refractivity contribution in [3.63, 3.8) is 0 Å². The fourth-order valence-electron chi connectivity index (χ4n) is 4.45. The van der Waals surface area contributed by atoms with Crippen molar-refractivity contribution in [3.05, 3.63) is 84.2 Å². The molecule has 162 valence electrons. The normalized spacial score (nSPS) is 16.0. The number of amides is 1. The van der Waals surface area contributed by atoms with Crippen molar-refractivity contribution in [1.29, 1.82) is 0 Å². The van der Waals surface area contributed by atoms with E-state index in [0.717, 1.165) is 33.9 Å². The van der Waals surface area contributed by atoms with Gasteiger partial charge >= 0.3 is 0 Å². The average Bonchev–Trinajstić information content (AvgIpc) is 3.40. The van der Waals surface area contributed by atoms with Gasteiger partial charge in [-0.05, 0) is 42.0 Å². The topological polar surface area (TPSA) is 56.6 Å². The first-order valence-corrected chi connectivity index (χ1v) is 10.7. The molecule has 1 aliphatic heterocycles. The SMILES string of the molecule is COc1ccc(Cn2c([C@H]3CC(=O)N(c4ccccc4OC)C3)nc3ccccc32)cc1. The molecule has 4 aromatic rings. The molecular weight excluding hydrogens is 402 g/mol. The molecule has 0 unspecified atom stereocenters. The maximum absolute atomic E-state index is 13.0. The first kappa shape index (κ1) is 20.1. The van der Waals surface area contributed by atoms with Crippen LogP contribution in [0.15, 0.2) is 72.8 Å². The Bertz CT molecular complexity index is 1260. The molecule has 3 aromatic carbocycles. The van der Waals surface area contributed by atoms with Crippen LogP contribution in [-0.4, -0.2) is 36.2 Å². The Balaban J connectivity index is 1.51. The summed E-state index contributed by atoms with van der Waals surface area (Å²) in [6.07, 6.45) is 0.421. The number of para-hydroxylation sites is 4. The Hall–Kier alpha value is -3.80. The Labute approximate surface area is 187 Å². The minimum absolute atomic E-state index is 0.00180. The van der Waals surface area contributed by atoms with E-state index in [4.69, 9.17) is 14.5 Å². The van der Waals surface area contributed by atoms with Crippen molar-refractivity contribution in [1.82, 2.24) is 9.55 Å². The van der Waals surface area contributed by atoms with E-state index >= 15 is 0 Å². The summed E-state index contributed by atoms with van der Waals surface area (Å²) < 4.78 is 13.0. The molecule has 5 rings (SSSR count). The van der Waals surface area contributed by atoms with Crippen LogP contribution in [0.1, 0.15) is 23.7 Å². The van der Waals surface area contributed by atoms with Crippen LogP contribution in [0.4, 0.5) is 5.69 Å². The number of ether oxygens (including phenoxy) is 2. The molecule has 1 aromatic heterocycles. The van der Waals surface area contributed by atoms with Crippen molar-refractivity contribution < 1.29 is 14.3 Å². The summed E-state index contributed by atoms with van der Waals surface area (Å²) in [7, 11) is 3.30. The van der Waals surface area contributed by atoms with Crippen LogP contribution < -0.4 is 14.4 Å². The number of carbonyl (C=O) groups excluding carboxylic acids is 1. The lowest BCUT2D eigenvalue weighted by atomic mass is 10.1. The van der Waals surface area contributed by atoms with Crippen LogP contribution in [0.5, 0.6) is 11.5 Å². The van der Waals surface area contributed by atoms with Crippen LogP contribution in [0.2, 0.25) is 0 Å². The van der Waals surface area contributed by atoms with Crippen molar-refractivity contribution >= 4 is 22.6 Å². The second-order valence-electron chi connectivity index (χ2n) is 7.97. The zero-order valence-electron chi connectivity index (χ0n) is 18.2. The van der Waals surface area contributed by atoms with Gasteiger partial charge in [0.15, 0.2) is 0 Å². The predicted octanol–water partition coefficient (Wildman–Crippen LogP) is 4.62. The highest BCUT2D eigenvalue weighted by molar-refractivity contribution is 5.97. The van der Waals surface area contributed by atoms with E-state index in [1.807, 2.05) is 59.5 Å². The summed E-state index contributed by atoms with van der Waals surface area (Å²) in [5, 5.41) is 0. The maximum Gasteiger partial charge on any atom is 0.227 e. The van der Waals surface area contributed by atoms with E-state index in [9.17, 15) is 4.79 Å². The summed E-state index contributed by atoms with van der Waals surface area (Å²) >= 11 is 0. The molecule has 6 nitrogen and oxygen atoms in total. The van der Waals surface area contributed by atoms with Crippen molar-refractivity contribution in [3.8, 4) is 11.5 Å². The zero-order chi connectivity index (χ0) is 22.1. The van der Waals surface area contributed by atoms with Gasteiger partial charge in [0.2, 0.25) is 5.91 Å². The zero-order valence-corrected chi connectivity index (χ0v) is 18.2. The monoisotopic (exact) mass is 427 g/mol. The van der Waals surface area contributed by atoms with Crippen molar-refractivity contribution in [2.24, 2.45) is 0 Å². The van der Waals surface area contributed by atoms with E-state index in [1.165, 1.54) is 0 Å². The molecule has 1 fully saturated rings. The van der Waals surface area contributed by atoms with Crippen molar-refractivity contribution in [2.45, 2.75) is 18.9 Å². The number of methoxy groups -OCH3 is 2. The van der Waals surface area contributed by atoms with Gasteiger partial charge in [-0.15, -0.1) is 0 Å². The first-order valence-electron chi connectivity index (χ1n) is 10.7. The standard InChI is InChI=1S/C26H25N3O3/c1-31-20-13-11-18(12-14-20)16-29-22-8-4-3-7-21(22)27-26(29)19-15-25(30)28(17-19)23-9-5-6-10-24(23)32-2/h3-14,19H,15-17H2,1-2H3/t19-/m0/s1. The fraction of sp³-hybridized carbons (Fsp3) is 0.231. The number of carbonyl (C=O) groups is 1. The number of hydrogen-bond acceptors (Lipinski definition) is 4. The molecule has 32 heavy (non-hydrogen) atoms. The summed E-state index contributed by atoms with van der Waals surface area (Å²) in [6, 6.07) is 23.9. The third-order valence-electron chi connectivity index (χ3n) is 6.05. The fourth-order valence-corrected chi connectivity index (χ4v) is 4.45. The molecule has 6 heteroatoms. The molecule has 1 aliphatic rings. The first-order chi connectivity index (χ1) is 15.7. The molecule has 1 atom stereocenters. The lowest BCUT2D eigenvalue weighted by Crippen LogP contribution is -2.25. The van der Waals surface area contributed by atoms with Crippen LogP contribution in [-0.2, 0) is 11.3 Å². The second-order valence-corrected chi connectivity index (χ2v) is 7.97. The van der Waals surface area contributed by atoms with Crippen LogP contribution >= 0.6 is 0 Å². The third kappa shape index (κ3) is 3.58. The summed E-state index contributed by atoms with van der Waals surface area (Å²) in [5.41, 5.74) is 3.97. The third-order valence-corrected chi connectivity index (χ3v) is 6.05. The van der Waals surface area contributed by atoms with E-state index in [2.05, 4.69) is 22.8 Å². The van der Waals surface area contributed by atoms with Gasteiger partial charge in [0.05, 0.1) is 30.9 Å². The minimum atomic E-state index is -0.00180.